The first kappa shape index (κ1) is 11.8. The maximum absolute atomic E-state index is 11.7. The van der Waals surface area contributed by atoms with Crippen molar-refractivity contribution in [1.82, 2.24) is 15.0 Å². The Bertz CT molecular complexity index is 547. The molecule has 0 aliphatic rings. The van der Waals surface area contributed by atoms with Crippen molar-refractivity contribution in [2.45, 2.75) is 0 Å². The maximum Gasteiger partial charge on any atom is 0.275 e. The molecule has 0 atom stereocenters. The third kappa shape index (κ3) is 2.69. The zero-order valence-corrected chi connectivity index (χ0v) is 9.90. The van der Waals surface area contributed by atoms with Crippen LogP contribution in [0, 0.1) is 0 Å². The molecule has 5 nitrogen and oxygen atoms in total. The van der Waals surface area contributed by atoms with Crippen LogP contribution in [0.1, 0.15) is 10.5 Å². The van der Waals surface area contributed by atoms with E-state index in [0.29, 0.717) is 0 Å². The highest BCUT2D eigenvalue weighted by Crippen LogP contribution is 2.25. The fraction of sp³-hybridized carbons (Fsp3) is 0. The summed E-state index contributed by atoms with van der Waals surface area (Å²) in [5.41, 5.74) is 0.262. The molecule has 0 fully saturated rings. The van der Waals surface area contributed by atoms with Gasteiger partial charge in [0.05, 0.1) is 0 Å². The molecule has 2 heterocycles. The molecule has 0 radical (unpaired) electrons. The van der Waals surface area contributed by atoms with Crippen LogP contribution in [0.15, 0.2) is 30.7 Å². The molecule has 1 N–H and O–H groups in total. The van der Waals surface area contributed by atoms with Gasteiger partial charge in [0.25, 0.3) is 5.91 Å². The second-order valence-corrected chi connectivity index (χ2v) is 3.73. The molecule has 0 saturated heterocycles. The maximum atomic E-state index is 11.7. The highest BCUT2D eigenvalue weighted by atomic mass is 35.5. The molecule has 0 unspecified atom stereocenters. The van der Waals surface area contributed by atoms with E-state index < -0.39 is 5.91 Å². The molecule has 0 aromatic carbocycles. The van der Waals surface area contributed by atoms with Gasteiger partial charge in [0.2, 0.25) is 0 Å². The zero-order valence-electron chi connectivity index (χ0n) is 8.39. The molecule has 86 valence electrons. The number of hydrogen-bond donors (Lipinski definition) is 1. The van der Waals surface area contributed by atoms with Crippen LogP contribution in [0.25, 0.3) is 0 Å². The third-order valence-corrected chi connectivity index (χ3v) is 2.62. The van der Waals surface area contributed by atoms with Gasteiger partial charge >= 0.3 is 0 Å². The monoisotopic (exact) mass is 268 g/mol. The SMILES string of the molecule is O=C(Nc1ncnc(Cl)c1Cl)c1ccccn1. The number of hydrogen-bond acceptors (Lipinski definition) is 4. The van der Waals surface area contributed by atoms with Gasteiger partial charge in [-0.05, 0) is 12.1 Å². The molecular formula is C10H6Cl2N4O. The van der Waals surface area contributed by atoms with E-state index in [-0.39, 0.29) is 21.7 Å². The van der Waals surface area contributed by atoms with E-state index in [1.807, 2.05) is 0 Å². The summed E-state index contributed by atoms with van der Waals surface area (Å²) in [6.07, 6.45) is 2.73. The summed E-state index contributed by atoms with van der Waals surface area (Å²) in [5, 5.41) is 2.68. The Morgan fingerprint density at radius 1 is 1.18 bits per heavy atom. The summed E-state index contributed by atoms with van der Waals surface area (Å²) in [7, 11) is 0. The number of amides is 1. The zero-order chi connectivity index (χ0) is 12.3. The van der Waals surface area contributed by atoms with E-state index in [9.17, 15) is 4.79 Å². The van der Waals surface area contributed by atoms with Crippen molar-refractivity contribution in [1.29, 1.82) is 0 Å². The summed E-state index contributed by atoms with van der Waals surface area (Å²) in [6.45, 7) is 0. The molecule has 2 rings (SSSR count). The first-order chi connectivity index (χ1) is 8.18. The van der Waals surface area contributed by atoms with E-state index in [2.05, 4.69) is 20.3 Å². The van der Waals surface area contributed by atoms with Crippen molar-refractivity contribution >= 4 is 34.9 Å². The van der Waals surface area contributed by atoms with Crippen molar-refractivity contribution in [3.63, 3.8) is 0 Å². The van der Waals surface area contributed by atoms with Gasteiger partial charge in [-0.3, -0.25) is 9.78 Å². The van der Waals surface area contributed by atoms with Gasteiger partial charge in [-0.25, -0.2) is 9.97 Å². The lowest BCUT2D eigenvalue weighted by atomic mass is 10.3. The quantitative estimate of drug-likeness (QED) is 0.850. The van der Waals surface area contributed by atoms with Crippen molar-refractivity contribution in [3.05, 3.63) is 46.6 Å². The Morgan fingerprint density at radius 3 is 2.71 bits per heavy atom. The Hall–Kier alpha value is -1.72. The molecule has 0 saturated carbocycles. The van der Waals surface area contributed by atoms with E-state index in [1.54, 1.807) is 18.2 Å². The minimum atomic E-state index is -0.415. The van der Waals surface area contributed by atoms with Crippen LogP contribution in [0.5, 0.6) is 0 Å². The number of halogens is 2. The summed E-state index contributed by atoms with van der Waals surface area (Å²) in [5.74, 6) is -0.260. The Balaban J connectivity index is 2.22. The average molecular weight is 269 g/mol. The summed E-state index contributed by atoms with van der Waals surface area (Å²) in [4.78, 5) is 23.1. The van der Waals surface area contributed by atoms with E-state index in [4.69, 9.17) is 23.2 Å². The molecule has 2 aromatic rings. The first-order valence-corrected chi connectivity index (χ1v) is 5.32. The van der Waals surface area contributed by atoms with Crippen LogP contribution in [-0.4, -0.2) is 20.9 Å². The number of carbonyl (C=O) groups excluding carboxylic acids is 1. The second kappa shape index (κ2) is 5.07. The van der Waals surface area contributed by atoms with Crippen LogP contribution in [0.3, 0.4) is 0 Å². The van der Waals surface area contributed by atoms with Crippen LogP contribution in [-0.2, 0) is 0 Å². The fourth-order valence-corrected chi connectivity index (χ4v) is 1.38. The molecule has 1 amide bonds. The number of rotatable bonds is 2. The van der Waals surface area contributed by atoms with E-state index >= 15 is 0 Å². The number of nitrogens with zero attached hydrogens (tertiary/aromatic N) is 3. The smallest absolute Gasteiger partial charge is 0.275 e. The predicted octanol–water partition coefficient (Wildman–Crippen LogP) is 2.43. The van der Waals surface area contributed by atoms with Crippen molar-refractivity contribution in [2.75, 3.05) is 5.32 Å². The Morgan fingerprint density at radius 2 is 2.00 bits per heavy atom. The lowest BCUT2D eigenvalue weighted by molar-refractivity contribution is 0.102. The molecule has 0 aliphatic carbocycles. The summed E-state index contributed by atoms with van der Waals surface area (Å²) >= 11 is 11.5. The van der Waals surface area contributed by atoms with Crippen molar-refractivity contribution in [3.8, 4) is 0 Å². The fourth-order valence-electron chi connectivity index (χ4n) is 1.10. The van der Waals surface area contributed by atoms with Gasteiger partial charge in [0, 0.05) is 6.20 Å². The van der Waals surface area contributed by atoms with E-state index in [0.717, 1.165) is 0 Å². The Kier molecular flexibility index (Phi) is 3.51. The van der Waals surface area contributed by atoms with Gasteiger partial charge < -0.3 is 5.32 Å². The van der Waals surface area contributed by atoms with Gasteiger partial charge in [0.1, 0.15) is 17.0 Å². The first-order valence-electron chi connectivity index (χ1n) is 4.57. The number of anilines is 1. The largest absolute Gasteiger partial charge is 0.304 e. The minimum absolute atomic E-state index is 0.0815. The average Bonchev–Trinajstić information content (AvgIpc) is 2.36. The van der Waals surface area contributed by atoms with Gasteiger partial charge in [-0.15, -0.1) is 0 Å². The normalized spacial score (nSPS) is 10.0. The van der Waals surface area contributed by atoms with Crippen LogP contribution in [0.2, 0.25) is 10.2 Å². The van der Waals surface area contributed by atoms with Crippen molar-refractivity contribution in [2.24, 2.45) is 0 Å². The molecule has 0 bridgehead atoms. The Labute approximate surface area is 107 Å². The third-order valence-electron chi connectivity index (χ3n) is 1.88. The molecule has 0 spiro atoms. The van der Waals surface area contributed by atoms with Crippen LogP contribution >= 0.6 is 23.2 Å². The van der Waals surface area contributed by atoms with Crippen molar-refractivity contribution < 1.29 is 4.79 Å². The number of nitrogens with one attached hydrogen (secondary N) is 1. The topological polar surface area (TPSA) is 67.8 Å². The molecular weight excluding hydrogens is 263 g/mol. The number of aromatic nitrogens is 3. The lowest BCUT2D eigenvalue weighted by Gasteiger charge is -2.05. The number of pyridine rings is 1. The molecule has 2 aromatic heterocycles. The standard InChI is InChI=1S/C10H6Cl2N4O/c11-7-8(12)14-5-15-9(7)16-10(17)6-3-1-2-4-13-6/h1-5H,(H,14,15,16,17). The predicted molar refractivity (Wildman–Crippen MR) is 64.2 cm³/mol. The second-order valence-electron chi connectivity index (χ2n) is 3.00. The van der Waals surface area contributed by atoms with Gasteiger partial charge in [0.15, 0.2) is 11.0 Å². The van der Waals surface area contributed by atoms with Crippen LogP contribution < -0.4 is 5.32 Å². The minimum Gasteiger partial charge on any atom is -0.304 e. The molecule has 0 aliphatic heterocycles. The van der Waals surface area contributed by atoms with E-state index in [1.165, 1.54) is 12.5 Å². The van der Waals surface area contributed by atoms with Gasteiger partial charge in [-0.1, -0.05) is 29.3 Å². The van der Waals surface area contributed by atoms with Crippen LogP contribution in [0.4, 0.5) is 5.82 Å². The highest BCUT2D eigenvalue weighted by Gasteiger charge is 2.12. The molecule has 7 heteroatoms. The lowest BCUT2D eigenvalue weighted by Crippen LogP contribution is -2.14. The number of carbonyl (C=O) groups is 1. The summed E-state index contributed by atoms with van der Waals surface area (Å²) in [6, 6.07) is 4.99. The summed E-state index contributed by atoms with van der Waals surface area (Å²) < 4.78 is 0. The van der Waals surface area contributed by atoms with Gasteiger partial charge in [-0.2, -0.15) is 0 Å². The molecule has 17 heavy (non-hydrogen) atoms. The highest BCUT2D eigenvalue weighted by molar-refractivity contribution is 6.43.